The number of methoxy groups -OCH3 is 1. The molecule has 0 aromatic heterocycles. The molecule has 1 N–H and O–H groups in total. The predicted octanol–water partition coefficient (Wildman–Crippen LogP) is 4.05. The summed E-state index contributed by atoms with van der Waals surface area (Å²) < 4.78 is 5.54. The quantitative estimate of drug-likeness (QED) is 0.733. The van der Waals surface area contributed by atoms with E-state index in [4.69, 9.17) is 4.74 Å². The first kappa shape index (κ1) is 21.7. The second-order valence-corrected chi connectivity index (χ2v) is 8.77. The van der Waals surface area contributed by atoms with Gasteiger partial charge in [-0.2, -0.15) is 0 Å². The predicted molar refractivity (Wildman–Crippen MR) is 126 cm³/mol. The van der Waals surface area contributed by atoms with Crippen LogP contribution in [0.15, 0.2) is 54.6 Å². The molecule has 166 valence electrons. The van der Waals surface area contributed by atoms with E-state index >= 15 is 0 Å². The zero-order valence-electron chi connectivity index (χ0n) is 18.6. The van der Waals surface area contributed by atoms with Crippen molar-refractivity contribution < 1.29 is 9.53 Å². The highest BCUT2D eigenvalue weighted by molar-refractivity contribution is 5.84. The molecule has 5 heteroatoms. The lowest BCUT2D eigenvalue weighted by Gasteiger charge is -2.38. The molecule has 1 atom stereocenters. The molecule has 0 spiro atoms. The highest BCUT2D eigenvalue weighted by Gasteiger charge is 2.28. The molecule has 2 fully saturated rings. The monoisotopic (exact) mass is 421 g/mol. The van der Waals surface area contributed by atoms with Crippen molar-refractivity contribution in [3.63, 3.8) is 0 Å². The second-order valence-electron chi connectivity index (χ2n) is 8.77. The first-order valence-electron chi connectivity index (χ1n) is 11.7. The number of carbonyl (C=O) groups excluding carboxylic acids is 1. The van der Waals surface area contributed by atoms with Crippen molar-refractivity contribution in [3.8, 4) is 5.75 Å². The van der Waals surface area contributed by atoms with Gasteiger partial charge in [-0.15, -0.1) is 0 Å². The van der Waals surface area contributed by atoms with Crippen LogP contribution in [-0.2, 0) is 4.79 Å². The van der Waals surface area contributed by atoms with E-state index in [0.717, 1.165) is 62.6 Å². The third-order valence-corrected chi connectivity index (χ3v) is 6.71. The Labute approximate surface area is 186 Å². The number of anilines is 1. The number of carbonyl (C=O) groups is 1. The molecular formula is C26H35N3O2. The smallest absolute Gasteiger partial charge is 0.229 e. The van der Waals surface area contributed by atoms with Crippen LogP contribution in [0.2, 0.25) is 0 Å². The summed E-state index contributed by atoms with van der Waals surface area (Å²) in [6, 6.07) is 18.8. The Balaban J connectivity index is 1.40. The lowest BCUT2D eigenvalue weighted by atomic mass is 9.93. The van der Waals surface area contributed by atoms with E-state index in [-0.39, 0.29) is 11.8 Å². The topological polar surface area (TPSA) is 44.8 Å². The van der Waals surface area contributed by atoms with Gasteiger partial charge >= 0.3 is 0 Å². The van der Waals surface area contributed by atoms with Crippen molar-refractivity contribution in [2.75, 3.05) is 44.7 Å². The third kappa shape index (κ3) is 5.59. The number of para-hydroxylation sites is 2. The Morgan fingerprint density at radius 1 is 0.968 bits per heavy atom. The standard InChI is InChI=1S/C26H35N3O2/c1-31-25-15-9-8-14-24(25)29-18-16-28(17-19-29)20-23(21-10-4-2-5-11-21)26(30)27-22-12-6-3-7-13-22/h2,4-5,8-11,14-15,22-23H,3,6-7,12-13,16-20H2,1H3,(H,27,30)/t23-/m1/s1. The van der Waals surface area contributed by atoms with Crippen LogP contribution in [0.1, 0.15) is 43.6 Å². The Kier molecular flexibility index (Phi) is 7.47. The van der Waals surface area contributed by atoms with Crippen molar-refractivity contribution in [2.45, 2.75) is 44.1 Å². The summed E-state index contributed by atoms with van der Waals surface area (Å²) in [5, 5.41) is 3.36. The molecule has 1 saturated heterocycles. The molecule has 1 heterocycles. The number of hydrogen-bond acceptors (Lipinski definition) is 4. The number of nitrogens with zero attached hydrogens (tertiary/aromatic N) is 2. The van der Waals surface area contributed by atoms with E-state index in [1.54, 1.807) is 7.11 Å². The maximum Gasteiger partial charge on any atom is 0.229 e. The number of ether oxygens (including phenoxy) is 1. The molecule has 0 unspecified atom stereocenters. The number of nitrogens with one attached hydrogen (secondary N) is 1. The SMILES string of the molecule is COc1ccccc1N1CCN(C[C@@H](C(=O)NC2CCCCC2)c2ccccc2)CC1. The molecule has 4 rings (SSSR count). The van der Waals surface area contributed by atoms with Crippen molar-refractivity contribution in [2.24, 2.45) is 0 Å². The van der Waals surface area contributed by atoms with Crippen molar-refractivity contribution in [1.82, 2.24) is 10.2 Å². The summed E-state index contributed by atoms with van der Waals surface area (Å²) >= 11 is 0. The van der Waals surface area contributed by atoms with E-state index in [9.17, 15) is 4.79 Å². The van der Waals surface area contributed by atoms with Crippen LogP contribution in [0.5, 0.6) is 5.75 Å². The molecule has 2 aliphatic rings. The van der Waals surface area contributed by atoms with Crippen molar-refractivity contribution >= 4 is 11.6 Å². The van der Waals surface area contributed by atoms with Crippen LogP contribution in [0.4, 0.5) is 5.69 Å². The van der Waals surface area contributed by atoms with Gasteiger partial charge in [0, 0.05) is 38.8 Å². The number of benzene rings is 2. The average Bonchev–Trinajstić information content (AvgIpc) is 2.84. The van der Waals surface area contributed by atoms with Gasteiger partial charge in [-0.3, -0.25) is 9.69 Å². The molecule has 0 bridgehead atoms. The number of amides is 1. The second kappa shape index (κ2) is 10.7. The zero-order chi connectivity index (χ0) is 21.5. The molecule has 2 aromatic carbocycles. The Bertz CT molecular complexity index is 828. The summed E-state index contributed by atoms with van der Waals surface area (Å²) in [7, 11) is 1.73. The molecule has 1 saturated carbocycles. The van der Waals surface area contributed by atoms with Gasteiger partial charge in [0.1, 0.15) is 5.75 Å². The molecule has 1 amide bonds. The molecule has 2 aromatic rings. The van der Waals surface area contributed by atoms with Crippen LogP contribution < -0.4 is 15.0 Å². The average molecular weight is 422 g/mol. The van der Waals surface area contributed by atoms with Gasteiger partial charge in [0.2, 0.25) is 5.91 Å². The van der Waals surface area contributed by atoms with Gasteiger partial charge in [-0.1, -0.05) is 61.7 Å². The summed E-state index contributed by atoms with van der Waals surface area (Å²) in [6.45, 7) is 4.52. The first-order valence-corrected chi connectivity index (χ1v) is 11.7. The van der Waals surface area contributed by atoms with Gasteiger partial charge in [0.15, 0.2) is 0 Å². The fraction of sp³-hybridized carbons (Fsp3) is 0.500. The lowest BCUT2D eigenvalue weighted by molar-refractivity contribution is -0.124. The minimum absolute atomic E-state index is 0.124. The Morgan fingerprint density at radius 3 is 2.35 bits per heavy atom. The molecular weight excluding hydrogens is 386 g/mol. The van der Waals surface area contributed by atoms with E-state index in [1.807, 2.05) is 30.3 Å². The third-order valence-electron chi connectivity index (χ3n) is 6.71. The van der Waals surface area contributed by atoms with Crippen LogP contribution in [0.3, 0.4) is 0 Å². The van der Waals surface area contributed by atoms with Gasteiger partial charge < -0.3 is 15.0 Å². The van der Waals surface area contributed by atoms with Crippen LogP contribution >= 0.6 is 0 Å². The summed E-state index contributed by atoms with van der Waals surface area (Å²) in [6.07, 6.45) is 5.98. The number of piperazine rings is 1. The number of hydrogen-bond donors (Lipinski definition) is 1. The van der Waals surface area contributed by atoms with Crippen LogP contribution in [0.25, 0.3) is 0 Å². The summed E-state index contributed by atoms with van der Waals surface area (Å²) in [5.74, 6) is 0.983. The maximum atomic E-state index is 13.3. The minimum Gasteiger partial charge on any atom is -0.495 e. The van der Waals surface area contributed by atoms with Crippen molar-refractivity contribution in [3.05, 3.63) is 60.2 Å². The fourth-order valence-electron chi connectivity index (χ4n) is 4.89. The molecule has 0 radical (unpaired) electrons. The zero-order valence-corrected chi connectivity index (χ0v) is 18.6. The normalized spacial score (nSPS) is 19.1. The maximum absolute atomic E-state index is 13.3. The summed E-state index contributed by atoms with van der Waals surface area (Å²) in [4.78, 5) is 18.1. The highest BCUT2D eigenvalue weighted by Crippen LogP contribution is 2.29. The number of rotatable bonds is 7. The van der Waals surface area contributed by atoms with Gasteiger partial charge in [-0.25, -0.2) is 0 Å². The largest absolute Gasteiger partial charge is 0.495 e. The van der Waals surface area contributed by atoms with Gasteiger partial charge in [0.25, 0.3) is 0 Å². The van der Waals surface area contributed by atoms with Crippen LogP contribution in [-0.4, -0.2) is 56.7 Å². The molecule has 1 aliphatic carbocycles. The fourth-order valence-corrected chi connectivity index (χ4v) is 4.89. The van der Waals surface area contributed by atoms with Gasteiger partial charge in [0.05, 0.1) is 18.7 Å². The van der Waals surface area contributed by atoms with E-state index in [1.165, 1.54) is 19.3 Å². The van der Waals surface area contributed by atoms with E-state index in [0.29, 0.717) is 6.04 Å². The van der Waals surface area contributed by atoms with Crippen molar-refractivity contribution in [1.29, 1.82) is 0 Å². The highest BCUT2D eigenvalue weighted by atomic mass is 16.5. The van der Waals surface area contributed by atoms with Crippen LogP contribution in [0, 0.1) is 0 Å². The lowest BCUT2D eigenvalue weighted by Crippen LogP contribution is -2.49. The summed E-state index contributed by atoms with van der Waals surface area (Å²) in [5.41, 5.74) is 2.27. The molecule has 1 aliphatic heterocycles. The first-order chi connectivity index (χ1) is 15.2. The Hall–Kier alpha value is -2.53. The van der Waals surface area contributed by atoms with Gasteiger partial charge in [-0.05, 0) is 30.5 Å². The molecule has 5 nitrogen and oxygen atoms in total. The minimum atomic E-state index is -0.124. The molecule has 31 heavy (non-hydrogen) atoms. The van der Waals surface area contributed by atoms with E-state index in [2.05, 4.69) is 39.4 Å². The Morgan fingerprint density at radius 2 is 1.65 bits per heavy atom. The van der Waals surface area contributed by atoms with E-state index < -0.39 is 0 Å².